The van der Waals surface area contributed by atoms with E-state index in [-0.39, 0.29) is 12.5 Å². The molecule has 0 aliphatic heterocycles. The van der Waals surface area contributed by atoms with Gasteiger partial charge in [-0.25, -0.2) is 4.79 Å². The van der Waals surface area contributed by atoms with Crippen LogP contribution in [0.5, 0.6) is 0 Å². The van der Waals surface area contributed by atoms with Gasteiger partial charge in [-0.05, 0) is 42.3 Å². The SMILES string of the molecule is COCCOC(=O)Nc1cccc(NC(=O)CCc2cccc(Cl)c2)c1. The van der Waals surface area contributed by atoms with Gasteiger partial charge >= 0.3 is 6.09 Å². The molecule has 0 fully saturated rings. The highest BCUT2D eigenvalue weighted by atomic mass is 35.5. The number of benzene rings is 2. The van der Waals surface area contributed by atoms with Gasteiger partial charge in [0.05, 0.1) is 6.61 Å². The molecule has 0 aliphatic rings. The van der Waals surface area contributed by atoms with Crippen LogP contribution in [-0.2, 0) is 20.7 Å². The zero-order chi connectivity index (χ0) is 18.8. The van der Waals surface area contributed by atoms with Crippen LogP contribution in [0.15, 0.2) is 48.5 Å². The van der Waals surface area contributed by atoms with Crippen molar-refractivity contribution >= 4 is 35.0 Å². The zero-order valence-electron chi connectivity index (χ0n) is 14.5. The summed E-state index contributed by atoms with van der Waals surface area (Å²) in [5.74, 6) is -0.121. The highest BCUT2D eigenvalue weighted by Gasteiger charge is 2.07. The Balaban J connectivity index is 1.83. The van der Waals surface area contributed by atoms with Crippen molar-refractivity contribution < 1.29 is 19.1 Å². The van der Waals surface area contributed by atoms with E-state index in [1.54, 1.807) is 30.3 Å². The summed E-state index contributed by atoms with van der Waals surface area (Å²) in [5.41, 5.74) is 2.12. The predicted octanol–water partition coefficient (Wildman–Crippen LogP) is 4.11. The maximum absolute atomic E-state index is 12.1. The molecular formula is C19H21ClN2O4. The number of hydrogen-bond donors (Lipinski definition) is 2. The number of nitrogens with one attached hydrogen (secondary N) is 2. The third-order valence-electron chi connectivity index (χ3n) is 3.44. The quantitative estimate of drug-likeness (QED) is 0.680. The van der Waals surface area contributed by atoms with E-state index in [0.29, 0.717) is 35.8 Å². The third-order valence-corrected chi connectivity index (χ3v) is 3.68. The fourth-order valence-electron chi connectivity index (χ4n) is 2.22. The van der Waals surface area contributed by atoms with Gasteiger partial charge in [0, 0.05) is 29.9 Å². The van der Waals surface area contributed by atoms with Gasteiger partial charge in [-0.15, -0.1) is 0 Å². The van der Waals surface area contributed by atoms with Gasteiger partial charge in [-0.2, -0.15) is 0 Å². The van der Waals surface area contributed by atoms with Gasteiger partial charge in [0.25, 0.3) is 0 Å². The van der Waals surface area contributed by atoms with Gasteiger partial charge in [0.2, 0.25) is 5.91 Å². The summed E-state index contributed by atoms with van der Waals surface area (Å²) in [7, 11) is 1.53. The largest absolute Gasteiger partial charge is 0.447 e. The molecule has 0 unspecified atom stereocenters. The van der Waals surface area contributed by atoms with Gasteiger partial charge in [-0.3, -0.25) is 10.1 Å². The maximum atomic E-state index is 12.1. The summed E-state index contributed by atoms with van der Waals surface area (Å²) >= 11 is 5.94. The number of rotatable bonds is 8. The van der Waals surface area contributed by atoms with Crippen molar-refractivity contribution in [2.45, 2.75) is 12.8 Å². The normalized spacial score (nSPS) is 10.2. The van der Waals surface area contributed by atoms with Crippen molar-refractivity contribution in [2.75, 3.05) is 31.0 Å². The molecular weight excluding hydrogens is 356 g/mol. The second-order valence-electron chi connectivity index (χ2n) is 5.51. The van der Waals surface area contributed by atoms with Crippen molar-refractivity contribution in [3.63, 3.8) is 0 Å². The lowest BCUT2D eigenvalue weighted by atomic mass is 10.1. The summed E-state index contributed by atoms with van der Waals surface area (Å²) in [4.78, 5) is 23.7. The van der Waals surface area contributed by atoms with Gasteiger partial charge < -0.3 is 14.8 Å². The summed E-state index contributed by atoms with van der Waals surface area (Å²) < 4.78 is 9.74. The first-order valence-electron chi connectivity index (χ1n) is 8.14. The summed E-state index contributed by atoms with van der Waals surface area (Å²) in [5, 5.41) is 6.06. The molecule has 2 N–H and O–H groups in total. The molecule has 6 nitrogen and oxygen atoms in total. The summed E-state index contributed by atoms with van der Waals surface area (Å²) in [6.07, 6.45) is 0.346. The zero-order valence-corrected chi connectivity index (χ0v) is 15.2. The van der Waals surface area contributed by atoms with Crippen molar-refractivity contribution in [2.24, 2.45) is 0 Å². The Labute approximate surface area is 157 Å². The number of anilines is 2. The lowest BCUT2D eigenvalue weighted by Crippen LogP contribution is -2.17. The number of amides is 2. The molecule has 0 bridgehead atoms. The molecule has 7 heteroatoms. The first kappa shape index (κ1) is 19.8. The van der Waals surface area contributed by atoms with Crippen LogP contribution in [0, 0.1) is 0 Å². The highest BCUT2D eigenvalue weighted by molar-refractivity contribution is 6.30. The van der Waals surface area contributed by atoms with E-state index in [0.717, 1.165) is 5.56 Å². The smallest absolute Gasteiger partial charge is 0.411 e. The molecule has 0 atom stereocenters. The van der Waals surface area contributed by atoms with Crippen LogP contribution in [-0.4, -0.2) is 32.3 Å². The Morgan fingerprint density at radius 1 is 1.00 bits per heavy atom. The van der Waals surface area contributed by atoms with E-state index in [2.05, 4.69) is 10.6 Å². The average Bonchev–Trinajstić information content (AvgIpc) is 2.60. The second kappa shape index (κ2) is 10.4. The number of carbonyl (C=O) groups excluding carboxylic acids is 2. The average molecular weight is 377 g/mol. The summed E-state index contributed by atoms with van der Waals surface area (Å²) in [6, 6.07) is 14.3. The number of aryl methyl sites for hydroxylation is 1. The van der Waals surface area contributed by atoms with E-state index in [4.69, 9.17) is 21.1 Å². The number of ether oxygens (including phenoxy) is 2. The van der Waals surface area contributed by atoms with Crippen LogP contribution in [0.1, 0.15) is 12.0 Å². The molecule has 0 saturated heterocycles. The van der Waals surface area contributed by atoms with Crippen molar-refractivity contribution in [1.29, 1.82) is 0 Å². The molecule has 0 spiro atoms. The molecule has 2 aromatic carbocycles. The molecule has 2 aromatic rings. The summed E-state index contributed by atoms with van der Waals surface area (Å²) in [6.45, 7) is 0.498. The van der Waals surface area contributed by atoms with E-state index >= 15 is 0 Å². The lowest BCUT2D eigenvalue weighted by molar-refractivity contribution is -0.116. The Kier molecular flexibility index (Phi) is 7.92. The lowest BCUT2D eigenvalue weighted by Gasteiger charge is -2.09. The Morgan fingerprint density at radius 2 is 1.73 bits per heavy atom. The molecule has 26 heavy (non-hydrogen) atoms. The minimum atomic E-state index is -0.577. The van der Waals surface area contributed by atoms with Crippen molar-refractivity contribution in [3.05, 3.63) is 59.1 Å². The van der Waals surface area contributed by atoms with Gasteiger partial charge in [0.15, 0.2) is 0 Å². The Morgan fingerprint density at radius 3 is 2.46 bits per heavy atom. The third kappa shape index (κ3) is 7.13. The van der Waals surface area contributed by atoms with Crippen molar-refractivity contribution in [3.8, 4) is 0 Å². The van der Waals surface area contributed by atoms with Gasteiger partial charge in [-0.1, -0.05) is 29.8 Å². The molecule has 0 aliphatic carbocycles. The van der Waals surface area contributed by atoms with E-state index < -0.39 is 6.09 Å². The molecule has 0 saturated carbocycles. The fraction of sp³-hybridized carbons (Fsp3) is 0.263. The van der Waals surface area contributed by atoms with Crippen LogP contribution in [0.25, 0.3) is 0 Å². The van der Waals surface area contributed by atoms with Crippen LogP contribution in [0.4, 0.5) is 16.2 Å². The molecule has 0 heterocycles. The Bertz CT molecular complexity index is 752. The number of carbonyl (C=O) groups is 2. The van der Waals surface area contributed by atoms with E-state index in [9.17, 15) is 9.59 Å². The second-order valence-corrected chi connectivity index (χ2v) is 5.95. The molecule has 0 radical (unpaired) electrons. The minimum Gasteiger partial charge on any atom is -0.447 e. The monoisotopic (exact) mass is 376 g/mol. The Hall–Kier alpha value is -2.57. The van der Waals surface area contributed by atoms with E-state index in [1.165, 1.54) is 7.11 Å². The molecule has 0 aromatic heterocycles. The van der Waals surface area contributed by atoms with Crippen LogP contribution in [0.2, 0.25) is 5.02 Å². The molecule has 138 valence electrons. The topological polar surface area (TPSA) is 76.7 Å². The maximum Gasteiger partial charge on any atom is 0.411 e. The first-order chi connectivity index (χ1) is 12.6. The minimum absolute atomic E-state index is 0.121. The fourth-order valence-corrected chi connectivity index (χ4v) is 2.43. The van der Waals surface area contributed by atoms with Crippen molar-refractivity contribution in [1.82, 2.24) is 0 Å². The number of halogens is 1. The predicted molar refractivity (Wildman–Crippen MR) is 102 cm³/mol. The standard InChI is InChI=1S/C19H21ClN2O4/c1-25-10-11-26-19(24)22-17-7-3-6-16(13-17)21-18(23)9-8-14-4-2-5-15(20)12-14/h2-7,12-13H,8-11H2,1H3,(H,21,23)(H,22,24). The van der Waals surface area contributed by atoms with Crippen LogP contribution in [0.3, 0.4) is 0 Å². The van der Waals surface area contributed by atoms with Crippen LogP contribution < -0.4 is 10.6 Å². The first-order valence-corrected chi connectivity index (χ1v) is 8.51. The highest BCUT2D eigenvalue weighted by Crippen LogP contribution is 2.16. The number of methoxy groups -OCH3 is 1. The molecule has 2 amide bonds. The van der Waals surface area contributed by atoms with Crippen LogP contribution >= 0.6 is 11.6 Å². The van der Waals surface area contributed by atoms with Gasteiger partial charge in [0.1, 0.15) is 6.61 Å². The molecule has 2 rings (SSSR count). The van der Waals surface area contributed by atoms with E-state index in [1.807, 2.05) is 18.2 Å². The number of hydrogen-bond acceptors (Lipinski definition) is 4.